The topological polar surface area (TPSA) is 84.6 Å². The Bertz CT molecular complexity index is 703. The summed E-state index contributed by atoms with van der Waals surface area (Å²) in [5.74, 6) is 0.724. The fourth-order valence-electron chi connectivity index (χ4n) is 2.63. The van der Waals surface area contributed by atoms with Crippen molar-refractivity contribution < 1.29 is 14.8 Å². The number of nitrogens with one attached hydrogen (secondary N) is 1. The number of benzene rings is 2. The van der Waals surface area contributed by atoms with Gasteiger partial charge in [0.1, 0.15) is 12.4 Å². The average Bonchev–Trinajstić information content (AvgIpc) is 2.58. The SMILES string of the molecule is Cc1c(C(C)NCc2ccccc2OCCO)cccc1[N+](=O)[O-]. The van der Waals surface area contributed by atoms with Crippen LogP contribution < -0.4 is 10.1 Å². The van der Waals surface area contributed by atoms with Gasteiger partial charge in [-0.05, 0) is 25.5 Å². The molecule has 128 valence electrons. The van der Waals surface area contributed by atoms with Gasteiger partial charge in [-0.2, -0.15) is 0 Å². The van der Waals surface area contributed by atoms with E-state index in [4.69, 9.17) is 9.84 Å². The molecule has 6 nitrogen and oxygen atoms in total. The Hall–Kier alpha value is -2.44. The molecule has 1 unspecified atom stereocenters. The van der Waals surface area contributed by atoms with Gasteiger partial charge in [-0.3, -0.25) is 10.1 Å². The summed E-state index contributed by atoms with van der Waals surface area (Å²) >= 11 is 0. The van der Waals surface area contributed by atoms with Gasteiger partial charge >= 0.3 is 0 Å². The van der Waals surface area contributed by atoms with E-state index in [1.54, 1.807) is 13.0 Å². The first-order valence-corrected chi connectivity index (χ1v) is 7.83. The Morgan fingerprint density at radius 2 is 2.00 bits per heavy atom. The molecule has 2 aromatic carbocycles. The summed E-state index contributed by atoms with van der Waals surface area (Å²) in [6.45, 7) is 4.51. The first-order valence-electron chi connectivity index (χ1n) is 7.83. The van der Waals surface area contributed by atoms with E-state index < -0.39 is 0 Å². The van der Waals surface area contributed by atoms with Crippen LogP contribution in [0.1, 0.15) is 29.7 Å². The Labute approximate surface area is 141 Å². The van der Waals surface area contributed by atoms with Crippen LogP contribution in [-0.2, 0) is 6.54 Å². The lowest BCUT2D eigenvalue weighted by molar-refractivity contribution is -0.385. The highest BCUT2D eigenvalue weighted by atomic mass is 16.6. The molecule has 0 fully saturated rings. The van der Waals surface area contributed by atoms with Crippen LogP contribution in [0, 0.1) is 17.0 Å². The van der Waals surface area contributed by atoms with E-state index in [0.717, 1.165) is 16.9 Å². The van der Waals surface area contributed by atoms with Crippen molar-refractivity contribution in [2.75, 3.05) is 13.2 Å². The number of aliphatic hydroxyl groups is 1. The highest BCUT2D eigenvalue weighted by Crippen LogP contribution is 2.26. The minimum Gasteiger partial charge on any atom is -0.491 e. The number of rotatable bonds is 8. The minimum absolute atomic E-state index is 0.0367. The van der Waals surface area contributed by atoms with Gasteiger partial charge < -0.3 is 15.2 Å². The lowest BCUT2D eigenvalue weighted by Crippen LogP contribution is -2.20. The van der Waals surface area contributed by atoms with Crippen molar-refractivity contribution >= 4 is 5.69 Å². The Morgan fingerprint density at radius 3 is 2.71 bits per heavy atom. The lowest BCUT2D eigenvalue weighted by atomic mass is 10.0. The molecule has 6 heteroatoms. The standard InChI is InChI=1S/C18H22N2O4/c1-13-16(7-5-8-17(13)20(22)23)14(2)19-12-15-6-3-4-9-18(15)24-11-10-21/h3-9,14,19,21H,10-12H2,1-2H3. The van der Waals surface area contributed by atoms with E-state index in [2.05, 4.69) is 5.32 Å². The lowest BCUT2D eigenvalue weighted by Gasteiger charge is -2.18. The second kappa shape index (κ2) is 8.42. The van der Waals surface area contributed by atoms with Crippen molar-refractivity contribution in [1.29, 1.82) is 0 Å². The molecule has 24 heavy (non-hydrogen) atoms. The number of hydrogen-bond donors (Lipinski definition) is 2. The molecular weight excluding hydrogens is 308 g/mol. The zero-order valence-electron chi connectivity index (χ0n) is 13.9. The number of ether oxygens (including phenoxy) is 1. The van der Waals surface area contributed by atoms with Crippen molar-refractivity contribution in [3.05, 3.63) is 69.3 Å². The summed E-state index contributed by atoms with van der Waals surface area (Å²) in [5.41, 5.74) is 2.68. The Balaban J connectivity index is 2.10. The highest BCUT2D eigenvalue weighted by Gasteiger charge is 2.17. The molecule has 0 aliphatic rings. The quantitative estimate of drug-likeness (QED) is 0.574. The monoisotopic (exact) mass is 330 g/mol. The van der Waals surface area contributed by atoms with Gasteiger partial charge in [-0.25, -0.2) is 0 Å². The van der Waals surface area contributed by atoms with Gasteiger partial charge in [0.2, 0.25) is 0 Å². The summed E-state index contributed by atoms with van der Waals surface area (Å²) < 4.78 is 5.52. The molecule has 0 bridgehead atoms. The molecule has 2 aromatic rings. The van der Waals surface area contributed by atoms with Gasteiger partial charge in [0, 0.05) is 29.8 Å². The minimum atomic E-state index is -0.358. The summed E-state index contributed by atoms with van der Waals surface area (Å²) in [6, 6.07) is 12.7. The summed E-state index contributed by atoms with van der Waals surface area (Å²) in [4.78, 5) is 10.7. The fourth-order valence-corrected chi connectivity index (χ4v) is 2.63. The molecule has 0 heterocycles. The van der Waals surface area contributed by atoms with Crippen LogP contribution in [0.5, 0.6) is 5.75 Å². The number of nitro benzene ring substituents is 1. The van der Waals surface area contributed by atoms with Crippen LogP contribution in [0.3, 0.4) is 0 Å². The van der Waals surface area contributed by atoms with Crippen molar-refractivity contribution in [1.82, 2.24) is 5.32 Å². The molecular formula is C18H22N2O4. The van der Waals surface area contributed by atoms with E-state index in [-0.39, 0.29) is 29.9 Å². The van der Waals surface area contributed by atoms with E-state index in [1.807, 2.05) is 37.3 Å². The third kappa shape index (κ3) is 4.31. The largest absolute Gasteiger partial charge is 0.491 e. The van der Waals surface area contributed by atoms with E-state index in [1.165, 1.54) is 6.07 Å². The van der Waals surface area contributed by atoms with Crippen molar-refractivity contribution in [2.24, 2.45) is 0 Å². The molecule has 2 rings (SSSR count). The highest BCUT2D eigenvalue weighted by molar-refractivity contribution is 5.45. The second-order valence-electron chi connectivity index (χ2n) is 5.53. The smallest absolute Gasteiger partial charge is 0.272 e. The predicted octanol–water partition coefficient (Wildman–Crippen LogP) is 3.13. The molecule has 0 radical (unpaired) electrons. The van der Waals surface area contributed by atoms with Crippen LogP contribution in [0.25, 0.3) is 0 Å². The molecule has 0 saturated heterocycles. The van der Waals surface area contributed by atoms with Gasteiger partial charge in [0.15, 0.2) is 0 Å². The summed E-state index contributed by atoms with van der Waals surface area (Å²) in [5, 5.41) is 23.3. The number of para-hydroxylation sites is 1. The van der Waals surface area contributed by atoms with E-state index >= 15 is 0 Å². The van der Waals surface area contributed by atoms with E-state index in [0.29, 0.717) is 12.1 Å². The van der Waals surface area contributed by atoms with Crippen molar-refractivity contribution in [3.8, 4) is 5.75 Å². The molecule has 2 N–H and O–H groups in total. The maximum atomic E-state index is 11.1. The number of nitro groups is 1. The summed E-state index contributed by atoms with van der Waals surface area (Å²) in [6.07, 6.45) is 0. The first-order chi connectivity index (χ1) is 11.5. The first kappa shape index (κ1) is 17.9. The Morgan fingerprint density at radius 1 is 1.25 bits per heavy atom. The Kier molecular flexibility index (Phi) is 6.28. The number of hydrogen-bond acceptors (Lipinski definition) is 5. The van der Waals surface area contributed by atoms with Crippen LogP contribution in [0.15, 0.2) is 42.5 Å². The normalized spacial score (nSPS) is 12.0. The summed E-state index contributed by atoms with van der Waals surface area (Å²) in [7, 11) is 0. The van der Waals surface area contributed by atoms with Crippen LogP contribution in [-0.4, -0.2) is 23.2 Å². The molecule has 0 aliphatic heterocycles. The predicted molar refractivity (Wildman–Crippen MR) is 92.1 cm³/mol. The van der Waals surface area contributed by atoms with Gasteiger partial charge in [-0.1, -0.05) is 30.3 Å². The second-order valence-corrected chi connectivity index (χ2v) is 5.53. The zero-order valence-corrected chi connectivity index (χ0v) is 13.9. The zero-order chi connectivity index (χ0) is 17.5. The van der Waals surface area contributed by atoms with Crippen LogP contribution in [0.4, 0.5) is 5.69 Å². The molecule has 1 atom stereocenters. The number of nitrogens with zero attached hydrogens (tertiary/aromatic N) is 1. The van der Waals surface area contributed by atoms with Crippen LogP contribution >= 0.6 is 0 Å². The van der Waals surface area contributed by atoms with E-state index in [9.17, 15) is 10.1 Å². The van der Waals surface area contributed by atoms with Crippen molar-refractivity contribution in [3.63, 3.8) is 0 Å². The fraction of sp³-hybridized carbons (Fsp3) is 0.333. The molecule has 0 spiro atoms. The van der Waals surface area contributed by atoms with Gasteiger partial charge in [-0.15, -0.1) is 0 Å². The van der Waals surface area contributed by atoms with Gasteiger partial charge in [0.05, 0.1) is 11.5 Å². The molecule has 0 amide bonds. The third-order valence-corrected chi connectivity index (χ3v) is 3.93. The van der Waals surface area contributed by atoms with Gasteiger partial charge in [0.25, 0.3) is 5.69 Å². The molecule has 0 aromatic heterocycles. The molecule has 0 saturated carbocycles. The molecule has 0 aliphatic carbocycles. The van der Waals surface area contributed by atoms with Crippen molar-refractivity contribution in [2.45, 2.75) is 26.4 Å². The third-order valence-electron chi connectivity index (χ3n) is 3.93. The van der Waals surface area contributed by atoms with Crippen LogP contribution in [0.2, 0.25) is 0 Å². The maximum Gasteiger partial charge on any atom is 0.272 e. The maximum absolute atomic E-state index is 11.1. The average molecular weight is 330 g/mol. The number of aliphatic hydroxyl groups excluding tert-OH is 1.